The Hall–Kier alpha value is -3.67. The number of aromatic amines is 1. The van der Waals surface area contributed by atoms with Crippen molar-refractivity contribution in [2.45, 2.75) is 13.3 Å². The number of nitrogens with one attached hydrogen (secondary N) is 3. The Bertz CT molecular complexity index is 1080. The number of rotatable bonds is 6. The van der Waals surface area contributed by atoms with Crippen LogP contribution >= 0.6 is 0 Å². The Kier molecular flexibility index (Phi) is 5.01. The van der Waals surface area contributed by atoms with E-state index in [0.717, 1.165) is 17.6 Å². The molecule has 3 N–H and O–H groups in total. The summed E-state index contributed by atoms with van der Waals surface area (Å²) >= 11 is 0. The number of aryl methyl sites for hydroxylation is 1. The smallest absolute Gasteiger partial charge is 0.271 e. The molecule has 4 rings (SSSR count). The van der Waals surface area contributed by atoms with Gasteiger partial charge in [-0.1, -0.05) is 35.9 Å². The van der Waals surface area contributed by atoms with Gasteiger partial charge in [-0.2, -0.15) is 0 Å². The summed E-state index contributed by atoms with van der Waals surface area (Å²) in [5, 5.41) is 7.25. The average molecular weight is 371 g/mol. The molecule has 2 aromatic carbocycles. The maximum absolute atomic E-state index is 12.3. The van der Waals surface area contributed by atoms with Crippen molar-refractivity contribution < 1.29 is 4.79 Å². The standard InChI is InChI=1S/C22H21N5O/c1-15-6-8-17(9-7-15)27-21-14-25-20(13-26-21)22(28)23-11-10-16-12-24-19-5-3-2-4-18(16)19/h2-9,12-14,24H,10-11H2,1H3,(H,23,28)(H,26,27). The van der Waals surface area contributed by atoms with Crippen LogP contribution in [0.3, 0.4) is 0 Å². The second-order valence-electron chi connectivity index (χ2n) is 6.64. The molecule has 6 nitrogen and oxygen atoms in total. The van der Waals surface area contributed by atoms with Crippen LogP contribution in [0, 0.1) is 6.92 Å². The summed E-state index contributed by atoms with van der Waals surface area (Å²) < 4.78 is 0. The van der Waals surface area contributed by atoms with Gasteiger partial charge in [-0.15, -0.1) is 0 Å². The molecule has 0 bridgehead atoms. The minimum absolute atomic E-state index is 0.228. The molecule has 4 aromatic rings. The first kappa shape index (κ1) is 17.7. The van der Waals surface area contributed by atoms with Gasteiger partial charge in [0.1, 0.15) is 11.5 Å². The summed E-state index contributed by atoms with van der Waals surface area (Å²) in [5.41, 5.74) is 4.70. The van der Waals surface area contributed by atoms with Crippen molar-refractivity contribution in [2.75, 3.05) is 11.9 Å². The van der Waals surface area contributed by atoms with Crippen LogP contribution in [0.1, 0.15) is 21.6 Å². The zero-order valence-corrected chi connectivity index (χ0v) is 15.6. The SMILES string of the molecule is Cc1ccc(Nc2cnc(C(=O)NCCc3c[nH]c4ccccc34)cn2)cc1. The molecule has 2 aromatic heterocycles. The summed E-state index contributed by atoms with van der Waals surface area (Å²) in [6.07, 6.45) is 5.78. The van der Waals surface area contributed by atoms with Crippen LogP contribution in [0.15, 0.2) is 67.1 Å². The van der Waals surface area contributed by atoms with Gasteiger partial charge in [0.2, 0.25) is 0 Å². The lowest BCUT2D eigenvalue weighted by atomic mass is 10.1. The molecule has 0 spiro atoms. The van der Waals surface area contributed by atoms with E-state index in [4.69, 9.17) is 0 Å². The fourth-order valence-electron chi connectivity index (χ4n) is 3.03. The number of benzene rings is 2. The Balaban J connectivity index is 1.32. The van der Waals surface area contributed by atoms with E-state index >= 15 is 0 Å². The van der Waals surface area contributed by atoms with E-state index in [9.17, 15) is 4.79 Å². The lowest BCUT2D eigenvalue weighted by Gasteiger charge is -2.07. The summed E-state index contributed by atoms with van der Waals surface area (Å²) in [6.45, 7) is 2.57. The van der Waals surface area contributed by atoms with Crippen molar-refractivity contribution >= 4 is 28.3 Å². The van der Waals surface area contributed by atoms with Crippen molar-refractivity contribution in [3.05, 3.63) is 83.9 Å². The number of para-hydroxylation sites is 1. The molecular formula is C22H21N5O. The van der Waals surface area contributed by atoms with Gasteiger partial charge in [0.15, 0.2) is 0 Å². The minimum Gasteiger partial charge on any atom is -0.361 e. The molecule has 0 atom stereocenters. The molecule has 0 aliphatic rings. The predicted octanol–water partition coefficient (Wildman–Crippen LogP) is 3.98. The van der Waals surface area contributed by atoms with Gasteiger partial charge < -0.3 is 15.6 Å². The molecule has 0 radical (unpaired) electrons. The highest BCUT2D eigenvalue weighted by Crippen LogP contribution is 2.18. The Morgan fingerprint density at radius 2 is 1.86 bits per heavy atom. The summed E-state index contributed by atoms with van der Waals surface area (Å²) in [7, 11) is 0. The van der Waals surface area contributed by atoms with Crippen LogP contribution in [0.25, 0.3) is 10.9 Å². The predicted molar refractivity (Wildman–Crippen MR) is 111 cm³/mol. The summed E-state index contributed by atoms with van der Waals surface area (Å²) in [6, 6.07) is 16.1. The van der Waals surface area contributed by atoms with Gasteiger partial charge in [-0.05, 0) is 37.1 Å². The van der Waals surface area contributed by atoms with Crippen molar-refractivity contribution in [1.82, 2.24) is 20.3 Å². The average Bonchev–Trinajstić information content (AvgIpc) is 3.13. The van der Waals surface area contributed by atoms with E-state index in [0.29, 0.717) is 18.1 Å². The number of nitrogens with zero attached hydrogens (tertiary/aromatic N) is 2. The van der Waals surface area contributed by atoms with Crippen LogP contribution < -0.4 is 10.6 Å². The number of hydrogen-bond donors (Lipinski definition) is 3. The second-order valence-corrected chi connectivity index (χ2v) is 6.64. The van der Waals surface area contributed by atoms with Crippen molar-refractivity contribution in [1.29, 1.82) is 0 Å². The van der Waals surface area contributed by atoms with Crippen LogP contribution in [-0.2, 0) is 6.42 Å². The molecule has 0 saturated carbocycles. The van der Waals surface area contributed by atoms with E-state index in [1.807, 2.05) is 55.6 Å². The number of carbonyl (C=O) groups excluding carboxylic acids is 1. The zero-order valence-electron chi connectivity index (χ0n) is 15.6. The quantitative estimate of drug-likeness (QED) is 0.479. The molecule has 2 heterocycles. The molecule has 1 amide bonds. The molecule has 28 heavy (non-hydrogen) atoms. The maximum Gasteiger partial charge on any atom is 0.271 e. The van der Waals surface area contributed by atoms with Gasteiger partial charge in [0.25, 0.3) is 5.91 Å². The molecule has 0 fully saturated rings. The number of hydrogen-bond acceptors (Lipinski definition) is 4. The van der Waals surface area contributed by atoms with E-state index in [1.54, 1.807) is 6.20 Å². The largest absolute Gasteiger partial charge is 0.361 e. The van der Waals surface area contributed by atoms with E-state index in [1.165, 1.54) is 22.7 Å². The summed E-state index contributed by atoms with van der Waals surface area (Å²) in [4.78, 5) is 24.0. The van der Waals surface area contributed by atoms with Gasteiger partial charge in [0, 0.05) is 29.3 Å². The Morgan fingerprint density at radius 1 is 1.04 bits per heavy atom. The third-order valence-electron chi connectivity index (χ3n) is 4.56. The number of fused-ring (bicyclic) bond motifs is 1. The third-order valence-corrected chi connectivity index (χ3v) is 4.56. The first-order valence-electron chi connectivity index (χ1n) is 9.18. The lowest BCUT2D eigenvalue weighted by molar-refractivity contribution is 0.0949. The molecule has 0 aliphatic carbocycles. The fourth-order valence-corrected chi connectivity index (χ4v) is 3.03. The number of carbonyl (C=O) groups is 1. The van der Waals surface area contributed by atoms with Gasteiger partial charge >= 0.3 is 0 Å². The first-order valence-corrected chi connectivity index (χ1v) is 9.18. The highest BCUT2D eigenvalue weighted by atomic mass is 16.1. The van der Waals surface area contributed by atoms with E-state index < -0.39 is 0 Å². The van der Waals surface area contributed by atoms with Gasteiger partial charge in [0.05, 0.1) is 12.4 Å². The minimum atomic E-state index is -0.228. The maximum atomic E-state index is 12.3. The van der Waals surface area contributed by atoms with Crippen molar-refractivity contribution in [2.24, 2.45) is 0 Å². The van der Waals surface area contributed by atoms with Crippen molar-refractivity contribution in [3.8, 4) is 0 Å². The lowest BCUT2D eigenvalue weighted by Crippen LogP contribution is -2.26. The molecule has 140 valence electrons. The first-order chi connectivity index (χ1) is 13.7. The monoisotopic (exact) mass is 371 g/mol. The molecular weight excluding hydrogens is 350 g/mol. The highest BCUT2D eigenvalue weighted by Gasteiger charge is 2.09. The number of anilines is 2. The van der Waals surface area contributed by atoms with Crippen molar-refractivity contribution in [3.63, 3.8) is 0 Å². The van der Waals surface area contributed by atoms with Crippen LogP contribution in [0.2, 0.25) is 0 Å². The Morgan fingerprint density at radius 3 is 2.64 bits per heavy atom. The van der Waals surface area contributed by atoms with Gasteiger partial charge in [-0.3, -0.25) is 4.79 Å². The number of amides is 1. The zero-order chi connectivity index (χ0) is 19.3. The molecule has 0 unspecified atom stereocenters. The highest BCUT2D eigenvalue weighted by molar-refractivity contribution is 5.92. The van der Waals surface area contributed by atoms with Gasteiger partial charge in [-0.25, -0.2) is 9.97 Å². The summed E-state index contributed by atoms with van der Waals surface area (Å²) in [5.74, 6) is 0.369. The van der Waals surface area contributed by atoms with E-state index in [2.05, 4.69) is 31.7 Å². The molecule has 0 aliphatic heterocycles. The van der Waals surface area contributed by atoms with Crippen LogP contribution in [0.5, 0.6) is 0 Å². The topological polar surface area (TPSA) is 82.7 Å². The van der Waals surface area contributed by atoms with E-state index in [-0.39, 0.29) is 5.91 Å². The fraction of sp³-hybridized carbons (Fsp3) is 0.136. The third kappa shape index (κ3) is 4.01. The molecule has 0 saturated heterocycles. The second kappa shape index (κ2) is 7.92. The number of aromatic nitrogens is 3. The Labute approximate surface area is 163 Å². The normalized spacial score (nSPS) is 10.8. The molecule has 6 heteroatoms. The van der Waals surface area contributed by atoms with Crippen LogP contribution in [0.4, 0.5) is 11.5 Å². The number of H-pyrrole nitrogens is 1. The van der Waals surface area contributed by atoms with Crippen LogP contribution in [-0.4, -0.2) is 27.4 Å².